The third-order valence-electron chi connectivity index (χ3n) is 4.35. The van der Waals surface area contributed by atoms with Gasteiger partial charge in [-0.1, -0.05) is 31.0 Å². The zero-order valence-electron chi connectivity index (χ0n) is 13.2. The minimum atomic E-state index is -0.280. The SMILES string of the molecule is CCOC(=O)C1=C(NC(=O)c2ccccc2)SC2CCCCC12. The summed E-state index contributed by atoms with van der Waals surface area (Å²) in [4.78, 5) is 24.8. The van der Waals surface area contributed by atoms with Gasteiger partial charge in [0.15, 0.2) is 0 Å². The molecule has 1 amide bonds. The summed E-state index contributed by atoms with van der Waals surface area (Å²) in [5.41, 5.74) is 1.27. The first-order valence-electron chi connectivity index (χ1n) is 8.15. The first-order valence-corrected chi connectivity index (χ1v) is 9.03. The second-order valence-corrected chi connectivity index (χ2v) is 7.08. The lowest BCUT2D eigenvalue weighted by atomic mass is 9.84. The number of nitrogens with one attached hydrogen (secondary N) is 1. The van der Waals surface area contributed by atoms with E-state index in [4.69, 9.17) is 4.74 Å². The van der Waals surface area contributed by atoms with Crippen molar-refractivity contribution in [1.82, 2.24) is 5.32 Å². The molecule has 1 fully saturated rings. The number of fused-ring (bicyclic) bond motifs is 1. The molecule has 1 aliphatic carbocycles. The number of amides is 1. The summed E-state index contributed by atoms with van der Waals surface area (Å²) < 4.78 is 5.23. The Balaban J connectivity index is 1.84. The van der Waals surface area contributed by atoms with Crippen LogP contribution in [0, 0.1) is 5.92 Å². The Bertz CT molecular complexity index is 626. The Hall–Kier alpha value is -1.75. The van der Waals surface area contributed by atoms with Crippen molar-refractivity contribution in [2.24, 2.45) is 5.92 Å². The van der Waals surface area contributed by atoms with Crippen LogP contribution in [0.15, 0.2) is 40.9 Å². The zero-order valence-corrected chi connectivity index (χ0v) is 14.0. The molecule has 1 heterocycles. The Labute approximate surface area is 140 Å². The van der Waals surface area contributed by atoms with E-state index in [1.54, 1.807) is 30.8 Å². The molecule has 1 aliphatic heterocycles. The van der Waals surface area contributed by atoms with Crippen molar-refractivity contribution >= 4 is 23.6 Å². The molecule has 2 unspecified atom stereocenters. The molecule has 1 saturated carbocycles. The van der Waals surface area contributed by atoms with Crippen molar-refractivity contribution in [3.05, 3.63) is 46.5 Å². The van der Waals surface area contributed by atoms with Gasteiger partial charge in [0.05, 0.1) is 17.2 Å². The fourth-order valence-electron chi connectivity index (χ4n) is 3.27. The number of hydrogen-bond acceptors (Lipinski definition) is 4. The van der Waals surface area contributed by atoms with Crippen molar-refractivity contribution in [3.8, 4) is 0 Å². The van der Waals surface area contributed by atoms with E-state index in [0.29, 0.717) is 28.0 Å². The van der Waals surface area contributed by atoms with Gasteiger partial charge in [-0.15, -0.1) is 11.8 Å². The van der Waals surface area contributed by atoms with E-state index in [-0.39, 0.29) is 17.8 Å². The summed E-state index contributed by atoms with van der Waals surface area (Å²) >= 11 is 1.63. The van der Waals surface area contributed by atoms with Crippen LogP contribution in [0.1, 0.15) is 43.0 Å². The van der Waals surface area contributed by atoms with Crippen LogP contribution in [0.25, 0.3) is 0 Å². The number of thioether (sulfide) groups is 1. The highest BCUT2D eigenvalue weighted by Gasteiger charge is 2.41. The summed E-state index contributed by atoms with van der Waals surface area (Å²) in [6.45, 7) is 2.16. The van der Waals surface area contributed by atoms with Crippen molar-refractivity contribution in [2.45, 2.75) is 37.9 Å². The van der Waals surface area contributed by atoms with Crippen molar-refractivity contribution in [2.75, 3.05) is 6.61 Å². The van der Waals surface area contributed by atoms with E-state index in [2.05, 4.69) is 5.32 Å². The highest BCUT2D eigenvalue weighted by molar-refractivity contribution is 8.04. The normalized spacial score (nSPS) is 23.3. The maximum atomic E-state index is 12.4. The van der Waals surface area contributed by atoms with Gasteiger partial charge in [0.25, 0.3) is 5.91 Å². The molecule has 0 bridgehead atoms. The van der Waals surface area contributed by atoms with Crippen molar-refractivity contribution in [1.29, 1.82) is 0 Å². The van der Waals surface area contributed by atoms with Crippen LogP contribution >= 0.6 is 11.8 Å². The van der Waals surface area contributed by atoms with Crippen LogP contribution in [-0.2, 0) is 9.53 Å². The predicted octanol–water partition coefficient (Wildman–Crippen LogP) is 3.50. The lowest BCUT2D eigenvalue weighted by Gasteiger charge is -2.25. The second-order valence-electron chi connectivity index (χ2n) is 5.83. The highest BCUT2D eigenvalue weighted by atomic mass is 32.2. The topological polar surface area (TPSA) is 55.4 Å². The third kappa shape index (κ3) is 3.44. The molecule has 1 aromatic carbocycles. The van der Waals surface area contributed by atoms with E-state index in [1.165, 1.54) is 6.42 Å². The van der Waals surface area contributed by atoms with E-state index >= 15 is 0 Å². The van der Waals surface area contributed by atoms with Gasteiger partial charge in [-0.2, -0.15) is 0 Å². The van der Waals surface area contributed by atoms with Gasteiger partial charge in [-0.05, 0) is 31.9 Å². The fraction of sp³-hybridized carbons (Fsp3) is 0.444. The number of ether oxygens (including phenoxy) is 1. The summed E-state index contributed by atoms with van der Waals surface area (Å²) in [5.74, 6) is -0.245. The minimum absolute atomic E-state index is 0.173. The number of benzene rings is 1. The van der Waals surface area contributed by atoms with Gasteiger partial charge in [0, 0.05) is 16.7 Å². The lowest BCUT2D eigenvalue weighted by molar-refractivity contribution is -0.139. The molecular formula is C18H21NO3S. The monoisotopic (exact) mass is 331 g/mol. The summed E-state index contributed by atoms with van der Waals surface area (Å²) in [7, 11) is 0. The van der Waals surface area contributed by atoms with Gasteiger partial charge in [0.1, 0.15) is 0 Å². The van der Waals surface area contributed by atoms with Gasteiger partial charge in [0.2, 0.25) is 0 Å². The average molecular weight is 331 g/mol. The largest absolute Gasteiger partial charge is 0.463 e. The van der Waals surface area contributed by atoms with Gasteiger partial charge in [-0.3, -0.25) is 4.79 Å². The van der Waals surface area contributed by atoms with Crippen LogP contribution in [-0.4, -0.2) is 23.7 Å². The van der Waals surface area contributed by atoms with Gasteiger partial charge >= 0.3 is 5.97 Å². The average Bonchev–Trinajstić information content (AvgIpc) is 2.93. The van der Waals surface area contributed by atoms with E-state index in [0.717, 1.165) is 19.3 Å². The lowest BCUT2D eigenvalue weighted by Crippen LogP contribution is -2.26. The first kappa shape index (κ1) is 16.1. The summed E-state index contributed by atoms with van der Waals surface area (Å²) in [5, 5.41) is 4.02. The van der Waals surface area contributed by atoms with Crippen LogP contribution in [0.5, 0.6) is 0 Å². The van der Waals surface area contributed by atoms with Crippen LogP contribution in [0.2, 0.25) is 0 Å². The molecule has 23 heavy (non-hydrogen) atoms. The molecule has 122 valence electrons. The molecule has 3 rings (SSSR count). The Morgan fingerprint density at radius 2 is 1.96 bits per heavy atom. The smallest absolute Gasteiger partial charge is 0.336 e. The number of carbonyl (C=O) groups is 2. The second kappa shape index (κ2) is 7.21. The molecule has 0 radical (unpaired) electrons. The Morgan fingerprint density at radius 1 is 1.22 bits per heavy atom. The molecule has 5 heteroatoms. The molecule has 2 aliphatic rings. The molecule has 1 aromatic rings. The maximum Gasteiger partial charge on any atom is 0.336 e. The number of hydrogen-bond donors (Lipinski definition) is 1. The van der Waals surface area contributed by atoms with E-state index in [9.17, 15) is 9.59 Å². The quantitative estimate of drug-likeness (QED) is 0.858. The highest BCUT2D eigenvalue weighted by Crippen LogP contribution is 2.48. The van der Waals surface area contributed by atoms with Crippen molar-refractivity contribution in [3.63, 3.8) is 0 Å². The van der Waals surface area contributed by atoms with Crippen LogP contribution in [0.4, 0.5) is 0 Å². The fourth-order valence-corrected chi connectivity index (χ4v) is 4.80. The Morgan fingerprint density at radius 3 is 2.70 bits per heavy atom. The molecule has 0 saturated heterocycles. The summed E-state index contributed by atoms with van der Waals surface area (Å²) in [6, 6.07) is 9.08. The zero-order chi connectivity index (χ0) is 16.2. The standard InChI is InChI=1S/C18H21NO3S/c1-2-22-18(21)15-13-10-6-7-11-14(13)23-17(15)19-16(20)12-8-4-3-5-9-12/h3-5,8-9,13-14H,2,6-7,10-11H2,1H3,(H,19,20). The maximum absolute atomic E-state index is 12.4. The molecular weight excluding hydrogens is 310 g/mol. The minimum Gasteiger partial charge on any atom is -0.463 e. The molecule has 1 N–H and O–H groups in total. The molecule has 0 spiro atoms. The number of carbonyl (C=O) groups excluding carboxylic acids is 2. The summed E-state index contributed by atoms with van der Waals surface area (Å²) in [6.07, 6.45) is 4.40. The van der Waals surface area contributed by atoms with Gasteiger partial charge < -0.3 is 10.1 Å². The van der Waals surface area contributed by atoms with Gasteiger partial charge in [-0.25, -0.2) is 4.79 Å². The number of rotatable bonds is 4. The molecule has 0 aromatic heterocycles. The van der Waals surface area contributed by atoms with Crippen LogP contribution < -0.4 is 5.32 Å². The first-order chi connectivity index (χ1) is 11.2. The molecule has 4 nitrogen and oxygen atoms in total. The third-order valence-corrected chi connectivity index (χ3v) is 5.77. The predicted molar refractivity (Wildman–Crippen MR) is 90.9 cm³/mol. The van der Waals surface area contributed by atoms with E-state index in [1.807, 2.05) is 18.2 Å². The number of esters is 1. The van der Waals surface area contributed by atoms with Crippen molar-refractivity contribution < 1.29 is 14.3 Å². The van der Waals surface area contributed by atoms with E-state index < -0.39 is 0 Å². The molecule has 2 atom stereocenters. The Kier molecular flexibility index (Phi) is 5.06. The van der Waals surface area contributed by atoms with Crippen LogP contribution in [0.3, 0.4) is 0 Å².